The Kier molecular flexibility index (Phi) is 17.3. The van der Waals surface area contributed by atoms with Crippen LogP contribution < -0.4 is 0 Å². The molecule has 6 heteroatoms. The molecule has 0 aliphatic carbocycles. The third-order valence-corrected chi connectivity index (χ3v) is 4.73. The Balaban J connectivity index is 3.48. The molecule has 0 spiro atoms. The SMILES string of the molecule is CCCCCCCCCCCC(Cl)OC(=O)OCCCCCC(=O)OC(C)(C)C. The van der Waals surface area contributed by atoms with Crippen molar-refractivity contribution in [1.29, 1.82) is 0 Å². The van der Waals surface area contributed by atoms with Crippen LogP contribution in [-0.2, 0) is 19.0 Å². The summed E-state index contributed by atoms with van der Waals surface area (Å²) in [5.41, 5.74) is -1.07. The maximum atomic E-state index is 11.6. The first-order chi connectivity index (χ1) is 13.7. The van der Waals surface area contributed by atoms with E-state index in [0.717, 1.165) is 19.3 Å². The first-order valence-corrected chi connectivity index (χ1v) is 11.9. The number of rotatable bonds is 17. The smallest absolute Gasteiger partial charge is 0.460 e. The number of hydrogen-bond acceptors (Lipinski definition) is 5. The van der Waals surface area contributed by atoms with Crippen LogP contribution in [0.5, 0.6) is 0 Å². The molecule has 0 aliphatic heterocycles. The minimum Gasteiger partial charge on any atom is -0.460 e. The molecule has 0 saturated carbocycles. The molecule has 0 aromatic heterocycles. The number of halogens is 1. The van der Waals surface area contributed by atoms with Crippen molar-refractivity contribution in [3.05, 3.63) is 0 Å². The van der Waals surface area contributed by atoms with Crippen LogP contribution in [0.2, 0.25) is 0 Å². The van der Waals surface area contributed by atoms with Crippen molar-refractivity contribution in [2.24, 2.45) is 0 Å². The van der Waals surface area contributed by atoms with E-state index < -0.39 is 17.3 Å². The summed E-state index contributed by atoms with van der Waals surface area (Å²) < 4.78 is 15.3. The number of esters is 1. The Hall–Kier alpha value is -0.970. The number of alkyl halides is 1. The molecule has 0 saturated heterocycles. The van der Waals surface area contributed by atoms with Gasteiger partial charge in [0.2, 0.25) is 0 Å². The molecule has 0 aromatic rings. The molecule has 0 bridgehead atoms. The molecule has 0 heterocycles. The molecule has 1 unspecified atom stereocenters. The number of carbonyl (C=O) groups excluding carboxylic acids is 2. The summed E-state index contributed by atoms with van der Waals surface area (Å²) in [6.45, 7) is 8.06. The quantitative estimate of drug-likeness (QED) is 0.134. The van der Waals surface area contributed by atoms with Gasteiger partial charge in [-0.1, -0.05) is 69.9 Å². The second-order valence-corrected chi connectivity index (χ2v) is 9.13. The lowest BCUT2D eigenvalue weighted by Gasteiger charge is -2.19. The van der Waals surface area contributed by atoms with E-state index in [1.165, 1.54) is 44.9 Å². The highest BCUT2D eigenvalue weighted by molar-refractivity contribution is 6.20. The number of ether oxygens (including phenoxy) is 3. The highest BCUT2D eigenvalue weighted by Gasteiger charge is 2.16. The van der Waals surface area contributed by atoms with E-state index in [2.05, 4.69) is 6.92 Å². The molecule has 0 rings (SSSR count). The highest BCUT2D eigenvalue weighted by Crippen LogP contribution is 2.15. The molecule has 5 nitrogen and oxygen atoms in total. The standard InChI is InChI=1S/C23H43ClO5/c1-5-6-7-8-9-10-11-12-14-17-20(24)28-22(26)27-19-16-13-15-18-21(25)29-23(2,3)4/h20H,5-19H2,1-4H3. The molecule has 0 fully saturated rings. The summed E-state index contributed by atoms with van der Waals surface area (Å²) in [4.78, 5) is 23.2. The van der Waals surface area contributed by atoms with Gasteiger partial charge in [-0.25, -0.2) is 4.79 Å². The lowest BCUT2D eigenvalue weighted by atomic mass is 10.1. The third kappa shape index (κ3) is 21.6. The molecular formula is C23H43ClO5. The maximum Gasteiger partial charge on any atom is 0.509 e. The number of unbranched alkanes of at least 4 members (excludes halogenated alkanes) is 10. The fourth-order valence-corrected chi connectivity index (χ4v) is 3.14. The topological polar surface area (TPSA) is 61.8 Å². The van der Waals surface area contributed by atoms with Gasteiger partial charge in [0.25, 0.3) is 0 Å². The van der Waals surface area contributed by atoms with Gasteiger partial charge in [-0.05, 0) is 52.9 Å². The van der Waals surface area contributed by atoms with Crippen molar-refractivity contribution >= 4 is 23.7 Å². The van der Waals surface area contributed by atoms with Crippen LogP contribution in [0.25, 0.3) is 0 Å². The van der Waals surface area contributed by atoms with Crippen LogP contribution in [0, 0.1) is 0 Å². The van der Waals surface area contributed by atoms with Crippen LogP contribution >= 0.6 is 11.6 Å². The molecule has 29 heavy (non-hydrogen) atoms. The van der Waals surface area contributed by atoms with Crippen molar-refractivity contribution in [3.8, 4) is 0 Å². The second kappa shape index (κ2) is 17.9. The van der Waals surface area contributed by atoms with Crippen LogP contribution in [0.1, 0.15) is 118 Å². The van der Waals surface area contributed by atoms with Crippen molar-refractivity contribution in [3.63, 3.8) is 0 Å². The largest absolute Gasteiger partial charge is 0.509 e. The van der Waals surface area contributed by atoms with E-state index in [1.54, 1.807) is 0 Å². The summed E-state index contributed by atoms with van der Waals surface area (Å²) in [5, 5.41) is 0. The zero-order valence-electron chi connectivity index (χ0n) is 19.1. The second-order valence-electron chi connectivity index (χ2n) is 8.64. The van der Waals surface area contributed by atoms with Gasteiger partial charge >= 0.3 is 12.1 Å². The summed E-state index contributed by atoms with van der Waals surface area (Å²) in [6, 6.07) is 0. The fraction of sp³-hybridized carbons (Fsp3) is 0.913. The number of hydrogen-bond donors (Lipinski definition) is 0. The van der Waals surface area contributed by atoms with E-state index in [4.69, 9.17) is 25.8 Å². The van der Waals surface area contributed by atoms with Crippen molar-refractivity contribution in [1.82, 2.24) is 0 Å². The van der Waals surface area contributed by atoms with Crippen LogP contribution in [-0.4, -0.2) is 29.9 Å². The van der Waals surface area contributed by atoms with Crippen LogP contribution in [0.4, 0.5) is 4.79 Å². The van der Waals surface area contributed by atoms with Gasteiger partial charge in [0.1, 0.15) is 5.60 Å². The number of carbonyl (C=O) groups is 2. The van der Waals surface area contributed by atoms with E-state index in [9.17, 15) is 9.59 Å². The van der Waals surface area contributed by atoms with E-state index in [-0.39, 0.29) is 12.6 Å². The van der Waals surface area contributed by atoms with Gasteiger partial charge in [-0.3, -0.25) is 4.79 Å². The first-order valence-electron chi connectivity index (χ1n) is 11.4. The highest BCUT2D eigenvalue weighted by atomic mass is 35.5. The Morgan fingerprint density at radius 3 is 1.97 bits per heavy atom. The molecule has 0 aliphatic rings. The summed E-state index contributed by atoms with van der Waals surface area (Å²) in [7, 11) is 0. The Morgan fingerprint density at radius 1 is 0.828 bits per heavy atom. The van der Waals surface area contributed by atoms with Gasteiger partial charge < -0.3 is 14.2 Å². The normalized spacial score (nSPS) is 12.4. The maximum absolute atomic E-state index is 11.6. The summed E-state index contributed by atoms with van der Waals surface area (Å²) in [6.07, 6.45) is 13.7. The molecule has 0 N–H and O–H groups in total. The minimum absolute atomic E-state index is 0.195. The zero-order chi connectivity index (χ0) is 22.0. The van der Waals surface area contributed by atoms with Gasteiger partial charge in [0.05, 0.1) is 6.61 Å². The van der Waals surface area contributed by atoms with E-state index in [1.807, 2.05) is 20.8 Å². The zero-order valence-corrected chi connectivity index (χ0v) is 19.9. The van der Waals surface area contributed by atoms with Crippen LogP contribution in [0.15, 0.2) is 0 Å². The molecular weight excluding hydrogens is 392 g/mol. The average Bonchev–Trinajstić information content (AvgIpc) is 2.61. The van der Waals surface area contributed by atoms with Crippen molar-refractivity contribution in [2.45, 2.75) is 129 Å². The van der Waals surface area contributed by atoms with Gasteiger partial charge in [0.15, 0.2) is 5.56 Å². The van der Waals surface area contributed by atoms with Crippen LogP contribution in [0.3, 0.4) is 0 Å². The fourth-order valence-electron chi connectivity index (χ4n) is 2.91. The minimum atomic E-state index is -0.715. The predicted octanol–water partition coefficient (Wildman–Crippen LogP) is 7.53. The Labute approximate surface area is 183 Å². The Bertz CT molecular complexity index is 420. The average molecular weight is 435 g/mol. The van der Waals surface area contributed by atoms with E-state index >= 15 is 0 Å². The lowest BCUT2D eigenvalue weighted by Crippen LogP contribution is -2.23. The molecule has 172 valence electrons. The van der Waals surface area contributed by atoms with Crippen molar-refractivity contribution in [2.75, 3.05) is 6.61 Å². The van der Waals surface area contributed by atoms with E-state index in [0.29, 0.717) is 25.7 Å². The van der Waals surface area contributed by atoms with Crippen molar-refractivity contribution < 1.29 is 23.8 Å². The van der Waals surface area contributed by atoms with Gasteiger partial charge in [-0.15, -0.1) is 0 Å². The Morgan fingerprint density at radius 2 is 1.38 bits per heavy atom. The molecule has 0 radical (unpaired) electrons. The molecule has 1 atom stereocenters. The lowest BCUT2D eigenvalue weighted by molar-refractivity contribution is -0.154. The predicted molar refractivity (Wildman–Crippen MR) is 118 cm³/mol. The van der Waals surface area contributed by atoms with Gasteiger partial charge in [-0.2, -0.15) is 0 Å². The van der Waals surface area contributed by atoms with Gasteiger partial charge in [0, 0.05) is 6.42 Å². The third-order valence-electron chi connectivity index (χ3n) is 4.42. The summed E-state index contributed by atoms with van der Waals surface area (Å²) in [5.74, 6) is -0.195. The molecule has 0 aromatic carbocycles. The molecule has 0 amide bonds. The monoisotopic (exact) mass is 434 g/mol. The summed E-state index contributed by atoms with van der Waals surface area (Å²) >= 11 is 6.05. The first kappa shape index (κ1) is 28.0.